The van der Waals surface area contributed by atoms with Crippen LogP contribution in [0.5, 0.6) is 5.75 Å². The average Bonchev–Trinajstić information content (AvgIpc) is 2.39. The molecule has 0 aliphatic carbocycles. The maximum Gasteiger partial charge on any atom is 0.306 e. The standard InChI is InChI=1S/C12H17NO6S/c1-18-9-7-13-20(16,17)11-4-2-10(3-5-11)19-8-6-12(14)15/h2-5,13H,6-9H2,1H3,(H,14,15). The van der Waals surface area contributed by atoms with E-state index in [9.17, 15) is 13.2 Å². The van der Waals surface area contributed by atoms with Gasteiger partial charge in [-0.2, -0.15) is 0 Å². The van der Waals surface area contributed by atoms with Gasteiger partial charge in [-0.15, -0.1) is 0 Å². The molecule has 112 valence electrons. The minimum absolute atomic E-state index is 0.0352. The second-order valence-corrected chi connectivity index (χ2v) is 5.62. The number of carboxylic acid groups (broad SMARTS) is 1. The molecule has 7 nitrogen and oxygen atoms in total. The number of carboxylic acids is 1. The maximum absolute atomic E-state index is 11.8. The number of hydrogen-bond acceptors (Lipinski definition) is 5. The van der Waals surface area contributed by atoms with Gasteiger partial charge in [-0.1, -0.05) is 0 Å². The van der Waals surface area contributed by atoms with Gasteiger partial charge in [-0.25, -0.2) is 13.1 Å². The molecule has 0 bridgehead atoms. The van der Waals surface area contributed by atoms with Crippen molar-refractivity contribution in [2.45, 2.75) is 11.3 Å². The molecule has 0 unspecified atom stereocenters. The highest BCUT2D eigenvalue weighted by atomic mass is 32.2. The monoisotopic (exact) mass is 303 g/mol. The van der Waals surface area contributed by atoms with E-state index in [1.54, 1.807) is 0 Å². The number of sulfonamides is 1. The van der Waals surface area contributed by atoms with E-state index in [2.05, 4.69) is 4.72 Å². The zero-order valence-electron chi connectivity index (χ0n) is 11.0. The van der Waals surface area contributed by atoms with Crippen molar-refractivity contribution in [1.82, 2.24) is 4.72 Å². The predicted molar refractivity (Wildman–Crippen MR) is 71.3 cm³/mol. The first kappa shape index (κ1) is 16.4. The largest absolute Gasteiger partial charge is 0.493 e. The molecule has 8 heteroatoms. The van der Waals surface area contributed by atoms with Crippen LogP contribution < -0.4 is 9.46 Å². The first-order chi connectivity index (χ1) is 9.45. The number of nitrogens with one attached hydrogen (secondary N) is 1. The number of methoxy groups -OCH3 is 1. The molecule has 20 heavy (non-hydrogen) atoms. The van der Waals surface area contributed by atoms with E-state index in [0.717, 1.165) is 0 Å². The molecule has 0 atom stereocenters. The summed E-state index contributed by atoms with van der Waals surface area (Å²) in [6, 6.07) is 5.75. The molecule has 0 saturated heterocycles. The normalized spacial score (nSPS) is 11.2. The number of benzene rings is 1. The molecular weight excluding hydrogens is 286 g/mol. The van der Waals surface area contributed by atoms with E-state index in [-0.39, 0.29) is 31.1 Å². The topological polar surface area (TPSA) is 102 Å². The van der Waals surface area contributed by atoms with E-state index in [0.29, 0.717) is 5.75 Å². The van der Waals surface area contributed by atoms with Crippen LogP contribution in [0.1, 0.15) is 6.42 Å². The van der Waals surface area contributed by atoms with Gasteiger partial charge >= 0.3 is 5.97 Å². The van der Waals surface area contributed by atoms with Crippen molar-refractivity contribution in [2.75, 3.05) is 26.9 Å². The van der Waals surface area contributed by atoms with Gasteiger partial charge < -0.3 is 14.6 Å². The predicted octanol–water partition coefficient (Wildman–Crippen LogP) is 0.465. The zero-order valence-corrected chi connectivity index (χ0v) is 11.9. The van der Waals surface area contributed by atoms with Gasteiger partial charge in [0.25, 0.3) is 0 Å². The minimum atomic E-state index is -3.56. The molecule has 1 aromatic rings. The molecule has 0 aliphatic rings. The SMILES string of the molecule is COCCNS(=O)(=O)c1ccc(OCCC(=O)O)cc1. The lowest BCUT2D eigenvalue weighted by molar-refractivity contribution is -0.137. The number of carbonyl (C=O) groups is 1. The fourth-order valence-corrected chi connectivity index (χ4v) is 2.35. The second kappa shape index (κ2) is 7.83. The van der Waals surface area contributed by atoms with E-state index in [4.69, 9.17) is 14.6 Å². The molecular formula is C12H17NO6S. The average molecular weight is 303 g/mol. The van der Waals surface area contributed by atoms with Crippen molar-refractivity contribution in [1.29, 1.82) is 0 Å². The summed E-state index contributed by atoms with van der Waals surface area (Å²) in [5.74, 6) is -0.534. The van der Waals surface area contributed by atoms with Crippen LogP contribution in [0, 0.1) is 0 Å². The molecule has 0 amide bonds. The number of rotatable bonds is 9. The summed E-state index contributed by atoms with van der Waals surface area (Å²) in [5.41, 5.74) is 0. The van der Waals surface area contributed by atoms with Crippen LogP contribution in [0.2, 0.25) is 0 Å². The molecule has 0 aromatic heterocycles. The number of aliphatic carboxylic acids is 1. The molecule has 0 spiro atoms. The summed E-state index contributed by atoms with van der Waals surface area (Å²) in [6.07, 6.45) is -0.112. The lowest BCUT2D eigenvalue weighted by Gasteiger charge is -2.08. The summed E-state index contributed by atoms with van der Waals surface area (Å²) in [7, 11) is -2.08. The fourth-order valence-electron chi connectivity index (χ4n) is 1.33. The van der Waals surface area contributed by atoms with Crippen molar-refractivity contribution < 1.29 is 27.8 Å². The first-order valence-electron chi connectivity index (χ1n) is 5.89. The van der Waals surface area contributed by atoms with Crippen LogP contribution in [-0.2, 0) is 19.6 Å². The molecule has 0 aliphatic heterocycles. The third-order valence-electron chi connectivity index (χ3n) is 2.32. The maximum atomic E-state index is 11.8. The van der Waals surface area contributed by atoms with Gasteiger partial charge in [-0.3, -0.25) is 4.79 Å². The van der Waals surface area contributed by atoms with Crippen molar-refractivity contribution >= 4 is 16.0 Å². The third-order valence-corrected chi connectivity index (χ3v) is 3.79. The van der Waals surface area contributed by atoms with Gasteiger partial charge in [0, 0.05) is 13.7 Å². The van der Waals surface area contributed by atoms with Crippen LogP contribution in [0.15, 0.2) is 29.2 Å². The second-order valence-electron chi connectivity index (χ2n) is 3.85. The molecule has 0 heterocycles. The Hall–Kier alpha value is -1.64. The Morgan fingerprint density at radius 2 is 1.90 bits per heavy atom. The Labute approximate surface area is 117 Å². The smallest absolute Gasteiger partial charge is 0.306 e. The molecule has 2 N–H and O–H groups in total. The van der Waals surface area contributed by atoms with Crippen LogP contribution >= 0.6 is 0 Å². The van der Waals surface area contributed by atoms with Gasteiger partial charge in [-0.05, 0) is 24.3 Å². The van der Waals surface area contributed by atoms with Crippen LogP contribution in [-0.4, -0.2) is 46.4 Å². The molecule has 1 rings (SSSR count). The van der Waals surface area contributed by atoms with Gasteiger partial charge in [0.05, 0.1) is 24.5 Å². The zero-order chi connectivity index (χ0) is 15.0. The first-order valence-corrected chi connectivity index (χ1v) is 7.37. The van der Waals surface area contributed by atoms with E-state index < -0.39 is 16.0 Å². The summed E-state index contributed by atoms with van der Waals surface area (Å²) in [6.45, 7) is 0.513. The highest BCUT2D eigenvalue weighted by Crippen LogP contribution is 2.15. The fraction of sp³-hybridized carbons (Fsp3) is 0.417. The Kier molecular flexibility index (Phi) is 6.43. The Morgan fingerprint density at radius 3 is 2.45 bits per heavy atom. The summed E-state index contributed by atoms with van der Waals surface area (Å²) in [5, 5.41) is 8.47. The number of ether oxygens (including phenoxy) is 2. The molecule has 0 fully saturated rings. The number of hydrogen-bond donors (Lipinski definition) is 2. The van der Waals surface area contributed by atoms with Crippen molar-refractivity contribution in [3.63, 3.8) is 0 Å². The highest BCUT2D eigenvalue weighted by Gasteiger charge is 2.13. The van der Waals surface area contributed by atoms with Gasteiger partial charge in [0.15, 0.2) is 0 Å². The van der Waals surface area contributed by atoms with Crippen LogP contribution in [0.3, 0.4) is 0 Å². The van der Waals surface area contributed by atoms with Crippen molar-refractivity contribution in [3.05, 3.63) is 24.3 Å². The van der Waals surface area contributed by atoms with E-state index in [1.165, 1.54) is 31.4 Å². The lowest BCUT2D eigenvalue weighted by Crippen LogP contribution is -2.27. The lowest BCUT2D eigenvalue weighted by atomic mass is 10.3. The Bertz CT molecular complexity index is 525. The quantitative estimate of drug-likeness (QED) is 0.643. The van der Waals surface area contributed by atoms with Crippen molar-refractivity contribution in [3.8, 4) is 5.75 Å². The van der Waals surface area contributed by atoms with E-state index >= 15 is 0 Å². The van der Waals surface area contributed by atoms with Crippen LogP contribution in [0.25, 0.3) is 0 Å². The molecule has 1 aromatic carbocycles. The summed E-state index contributed by atoms with van der Waals surface area (Å²) in [4.78, 5) is 10.4. The van der Waals surface area contributed by atoms with Crippen LogP contribution in [0.4, 0.5) is 0 Å². The molecule has 0 radical (unpaired) electrons. The highest BCUT2D eigenvalue weighted by molar-refractivity contribution is 7.89. The van der Waals surface area contributed by atoms with Gasteiger partial charge in [0.2, 0.25) is 10.0 Å². The van der Waals surface area contributed by atoms with Crippen molar-refractivity contribution in [2.24, 2.45) is 0 Å². The van der Waals surface area contributed by atoms with Gasteiger partial charge in [0.1, 0.15) is 5.75 Å². The summed E-state index contributed by atoms with van der Waals surface area (Å²) < 4.78 is 36.0. The minimum Gasteiger partial charge on any atom is -0.493 e. The molecule has 0 saturated carbocycles. The summed E-state index contributed by atoms with van der Waals surface area (Å²) >= 11 is 0. The Morgan fingerprint density at radius 1 is 1.25 bits per heavy atom. The van der Waals surface area contributed by atoms with E-state index in [1.807, 2.05) is 0 Å². The Balaban J connectivity index is 2.59. The third kappa shape index (κ3) is 5.55.